The molecule has 3 unspecified atom stereocenters. The first kappa shape index (κ1) is 14.9. The highest BCUT2D eigenvalue weighted by molar-refractivity contribution is 7.89. The molecule has 0 aliphatic heterocycles. The van der Waals surface area contributed by atoms with E-state index in [1.807, 2.05) is 19.1 Å². The van der Waals surface area contributed by atoms with E-state index in [9.17, 15) is 8.42 Å². The Kier molecular flexibility index (Phi) is 4.22. The molecule has 3 rings (SSSR count). The van der Waals surface area contributed by atoms with Gasteiger partial charge < -0.3 is 5.32 Å². The fourth-order valence-corrected chi connectivity index (χ4v) is 5.23. The number of sulfonamides is 1. The third kappa shape index (κ3) is 3.09. The standard InChI is InChI=1S/C16H24N2O2S/c1-2-17-15-5-3-4-6-16(15)21(19,20)18-11-14-10-12-7-8-13(14)9-12/h3-6,12-14,17-18H,2,7-11H2,1H3. The van der Waals surface area contributed by atoms with Crippen LogP contribution in [0.15, 0.2) is 29.2 Å². The van der Waals surface area contributed by atoms with Crippen molar-refractivity contribution in [2.45, 2.75) is 37.5 Å². The van der Waals surface area contributed by atoms with E-state index in [4.69, 9.17) is 0 Å². The van der Waals surface area contributed by atoms with Gasteiger partial charge in [-0.3, -0.25) is 0 Å². The Morgan fingerprint density at radius 1 is 1.19 bits per heavy atom. The van der Waals surface area contributed by atoms with Gasteiger partial charge in [0.25, 0.3) is 0 Å². The molecule has 0 aromatic heterocycles. The molecule has 0 saturated heterocycles. The van der Waals surface area contributed by atoms with Crippen molar-refractivity contribution in [3.63, 3.8) is 0 Å². The molecular weight excluding hydrogens is 284 g/mol. The smallest absolute Gasteiger partial charge is 0.242 e. The topological polar surface area (TPSA) is 58.2 Å². The Morgan fingerprint density at radius 3 is 2.67 bits per heavy atom. The van der Waals surface area contributed by atoms with Crippen molar-refractivity contribution in [2.75, 3.05) is 18.4 Å². The fraction of sp³-hybridized carbons (Fsp3) is 0.625. The second kappa shape index (κ2) is 5.97. The minimum atomic E-state index is -3.43. The number of nitrogens with one attached hydrogen (secondary N) is 2. The van der Waals surface area contributed by atoms with Gasteiger partial charge in [0.05, 0.1) is 5.69 Å². The van der Waals surface area contributed by atoms with E-state index in [0.717, 1.165) is 11.8 Å². The first-order valence-corrected chi connectivity index (χ1v) is 9.41. The summed E-state index contributed by atoms with van der Waals surface area (Å²) < 4.78 is 27.9. The van der Waals surface area contributed by atoms with Gasteiger partial charge in [-0.15, -0.1) is 0 Å². The Hall–Kier alpha value is -1.07. The third-order valence-corrected chi connectivity index (χ3v) is 6.45. The van der Waals surface area contributed by atoms with Crippen LogP contribution in [0.1, 0.15) is 32.6 Å². The van der Waals surface area contributed by atoms with Gasteiger partial charge in [0.1, 0.15) is 4.90 Å². The van der Waals surface area contributed by atoms with Crippen LogP contribution in [0.4, 0.5) is 5.69 Å². The largest absolute Gasteiger partial charge is 0.384 e. The highest BCUT2D eigenvalue weighted by Gasteiger charge is 2.39. The summed E-state index contributed by atoms with van der Waals surface area (Å²) in [6.45, 7) is 3.26. The van der Waals surface area contributed by atoms with Gasteiger partial charge in [0.15, 0.2) is 0 Å². The number of rotatable bonds is 6. The number of hydrogen-bond acceptors (Lipinski definition) is 3. The fourth-order valence-electron chi connectivity index (χ4n) is 3.96. The van der Waals surface area contributed by atoms with Gasteiger partial charge in [0.2, 0.25) is 10.0 Å². The normalized spacial score (nSPS) is 28.0. The molecule has 0 radical (unpaired) electrons. The van der Waals surface area contributed by atoms with Gasteiger partial charge in [-0.05, 0) is 56.1 Å². The van der Waals surface area contributed by atoms with E-state index in [-0.39, 0.29) is 0 Å². The summed E-state index contributed by atoms with van der Waals surface area (Å²) in [7, 11) is -3.43. The Balaban J connectivity index is 1.69. The lowest BCUT2D eigenvalue weighted by Gasteiger charge is -2.22. The van der Waals surface area contributed by atoms with Crippen LogP contribution in [0.5, 0.6) is 0 Å². The van der Waals surface area contributed by atoms with Crippen molar-refractivity contribution >= 4 is 15.7 Å². The lowest BCUT2D eigenvalue weighted by Crippen LogP contribution is -2.32. The van der Waals surface area contributed by atoms with Crippen LogP contribution >= 0.6 is 0 Å². The predicted molar refractivity (Wildman–Crippen MR) is 84.7 cm³/mol. The van der Waals surface area contributed by atoms with E-state index in [1.165, 1.54) is 25.7 Å². The van der Waals surface area contributed by atoms with Crippen LogP contribution < -0.4 is 10.0 Å². The summed E-state index contributed by atoms with van der Waals surface area (Å²) in [6, 6.07) is 7.11. The van der Waals surface area contributed by atoms with Gasteiger partial charge in [-0.25, -0.2) is 13.1 Å². The minimum absolute atomic E-state index is 0.356. The molecule has 1 aromatic rings. The third-order valence-electron chi connectivity index (χ3n) is 4.96. The van der Waals surface area contributed by atoms with Crippen molar-refractivity contribution in [2.24, 2.45) is 17.8 Å². The maximum absolute atomic E-state index is 12.5. The Morgan fingerprint density at radius 2 is 2.00 bits per heavy atom. The Bertz CT molecular complexity index is 600. The average Bonchev–Trinajstić information content (AvgIpc) is 3.09. The summed E-state index contributed by atoms with van der Waals surface area (Å²) >= 11 is 0. The molecule has 0 spiro atoms. The van der Waals surface area contributed by atoms with Gasteiger partial charge in [-0.2, -0.15) is 0 Å². The van der Waals surface area contributed by atoms with Gasteiger partial charge in [-0.1, -0.05) is 18.6 Å². The number of benzene rings is 1. The van der Waals surface area contributed by atoms with Gasteiger partial charge in [0, 0.05) is 13.1 Å². The molecular formula is C16H24N2O2S. The second-order valence-corrected chi connectivity index (χ2v) is 8.05. The molecule has 2 bridgehead atoms. The van der Waals surface area contributed by atoms with E-state index in [0.29, 0.717) is 29.6 Å². The SMILES string of the molecule is CCNc1ccccc1S(=O)(=O)NCC1CC2CCC1C2. The molecule has 1 aromatic carbocycles. The molecule has 2 saturated carbocycles. The van der Waals surface area contributed by atoms with Crippen LogP contribution in [0, 0.1) is 17.8 Å². The second-order valence-electron chi connectivity index (χ2n) is 6.31. The number of hydrogen-bond donors (Lipinski definition) is 2. The van der Waals surface area contributed by atoms with Crippen molar-refractivity contribution in [1.82, 2.24) is 4.72 Å². The van der Waals surface area contributed by atoms with Crippen molar-refractivity contribution < 1.29 is 8.42 Å². The molecule has 2 fully saturated rings. The monoisotopic (exact) mass is 308 g/mol. The van der Waals surface area contributed by atoms with Crippen LogP contribution in [0.2, 0.25) is 0 Å². The molecule has 5 heteroatoms. The number of para-hydroxylation sites is 1. The molecule has 2 aliphatic carbocycles. The zero-order valence-corrected chi connectivity index (χ0v) is 13.3. The van der Waals surface area contributed by atoms with Crippen molar-refractivity contribution in [1.29, 1.82) is 0 Å². The van der Waals surface area contributed by atoms with Crippen LogP contribution in [-0.4, -0.2) is 21.5 Å². The number of fused-ring (bicyclic) bond motifs is 2. The summed E-state index contributed by atoms with van der Waals surface area (Å²) in [5, 5.41) is 3.12. The zero-order valence-electron chi connectivity index (χ0n) is 12.5. The molecule has 0 heterocycles. The quantitative estimate of drug-likeness (QED) is 0.849. The number of anilines is 1. The lowest BCUT2D eigenvalue weighted by molar-refractivity contribution is 0.333. The average molecular weight is 308 g/mol. The highest BCUT2D eigenvalue weighted by Crippen LogP contribution is 2.48. The van der Waals surface area contributed by atoms with Crippen molar-refractivity contribution in [3.05, 3.63) is 24.3 Å². The molecule has 116 valence electrons. The maximum atomic E-state index is 12.5. The maximum Gasteiger partial charge on any atom is 0.242 e. The predicted octanol–water partition coefficient (Wildman–Crippen LogP) is 2.83. The molecule has 3 atom stereocenters. The van der Waals surface area contributed by atoms with Gasteiger partial charge >= 0.3 is 0 Å². The molecule has 0 amide bonds. The molecule has 2 N–H and O–H groups in total. The van der Waals surface area contributed by atoms with E-state index < -0.39 is 10.0 Å². The molecule has 4 nitrogen and oxygen atoms in total. The Labute approximate surface area is 127 Å². The van der Waals surface area contributed by atoms with Crippen molar-refractivity contribution in [3.8, 4) is 0 Å². The zero-order chi connectivity index (χ0) is 14.9. The first-order valence-electron chi connectivity index (χ1n) is 7.92. The van der Waals surface area contributed by atoms with Crippen LogP contribution in [-0.2, 0) is 10.0 Å². The highest BCUT2D eigenvalue weighted by atomic mass is 32.2. The minimum Gasteiger partial charge on any atom is -0.384 e. The van der Waals surface area contributed by atoms with Crippen LogP contribution in [0.3, 0.4) is 0 Å². The summed E-state index contributed by atoms with van der Waals surface area (Å²) in [5.74, 6) is 2.12. The lowest BCUT2D eigenvalue weighted by atomic mass is 9.89. The molecule has 2 aliphatic rings. The summed E-state index contributed by atoms with van der Waals surface area (Å²) in [4.78, 5) is 0.356. The first-order chi connectivity index (χ1) is 10.1. The summed E-state index contributed by atoms with van der Waals surface area (Å²) in [5.41, 5.74) is 0.681. The van der Waals surface area contributed by atoms with E-state index in [1.54, 1.807) is 12.1 Å². The molecule has 21 heavy (non-hydrogen) atoms. The van der Waals surface area contributed by atoms with Crippen LogP contribution in [0.25, 0.3) is 0 Å². The summed E-state index contributed by atoms with van der Waals surface area (Å²) in [6.07, 6.45) is 5.13. The van der Waals surface area contributed by atoms with E-state index >= 15 is 0 Å². The van der Waals surface area contributed by atoms with E-state index in [2.05, 4.69) is 10.0 Å².